The first-order chi connectivity index (χ1) is 19.5. The molecule has 0 bridgehead atoms. The molecule has 12 nitrogen and oxygen atoms in total. The molecule has 2 aromatic heterocycles. The average Bonchev–Trinajstić information content (AvgIpc) is 3.38. The molecule has 0 amide bonds. The minimum Gasteiger partial charge on any atom is -0.481 e. The first-order valence-corrected chi connectivity index (χ1v) is 12.7. The first-order valence-electron chi connectivity index (χ1n) is 12.0. The Balaban J connectivity index is 1.72. The Bertz CT molecular complexity index is 1630. The molecule has 0 fully saturated rings. The van der Waals surface area contributed by atoms with Gasteiger partial charge in [0.05, 0.1) is 29.2 Å². The van der Waals surface area contributed by atoms with E-state index in [1.807, 2.05) is 0 Å². The lowest BCUT2D eigenvalue weighted by Crippen LogP contribution is -2.32. The molecular weight excluding hydrogens is 577 g/mol. The number of para-hydroxylation sites is 1. The van der Waals surface area contributed by atoms with Crippen LogP contribution in [0.2, 0.25) is 10.0 Å². The molecule has 0 aliphatic heterocycles. The number of aromatic carboxylic acids is 1. The molecule has 0 saturated carbocycles. The van der Waals surface area contributed by atoms with Crippen molar-refractivity contribution >= 4 is 64.1 Å². The number of nitrogens with one attached hydrogen (secondary N) is 3. The summed E-state index contributed by atoms with van der Waals surface area (Å²) in [6, 6.07) is 13.0. The summed E-state index contributed by atoms with van der Waals surface area (Å²) in [6.45, 7) is 1.59. The van der Waals surface area contributed by atoms with Crippen LogP contribution in [0.25, 0.3) is 11.3 Å². The molecule has 6 N–H and O–H groups in total. The van der Waals surface area contributed by atoms with E-state index in [-0.39, 0.29) is 40.9 Å². The third kappa shape index (κ3) is 7.24. The van der Waals surface area contributed by atoms with Gasteiger partial charge in [-0.15, -0.1) is 0 Å². The number of furan rings is 1. The zero-order chi connectivity index (χ0) is 29.7. The fraction of sp³-hybridized carbons (Fsp3) is 0.148. The zero-order valence-corrected chi connectivity index (χ0v) is 22.8. The lowest BCUT2D eigenvalue weighted by molar-refractivity contribution is -0.144. The Labute approximate surface area is 243 Å². The average molecular weight is 600 g/mol. The van der Waals surface area contributed by atoms with Crippen molar-refractivity contribution < 1.29 is 34.1 Å². The maximum absolute atomic E-state index is 11.8. The van der Waals surface area contributed by atoms with E-state index in [4.69, 9.17) is 27.6 Å². The minimum absolute atomic E-state index is 0.0221. The van der Waals surface area contributed by atoms with Crippen LogP contribution in [0.3, 0.4) is 0 Å². The second kappa shape index (κ2) is 12.6. The van der Waals surface area contributed by atoms with Crippen molar-refractivity contribution in [1.82, 2.24) is 9.97 Å². The molecule has 0 spiro atoms. The normalized spacial score (nSPS) is 11.5. The van der Waals surface area contributed by atoms with Crippen molar-refractivity contribution in [1.29, 1.82) is 0 Å². The number of aryl methyl sites for hydroxylation is 1. The summed E-state index contributed by atoms with van der Waals surface area (Å²) in [5.74, 6) is -2.74. The molecule has 2 aromatic carbocycles. The lowest BCUT2D eigenvalue weighted by Gasteiger charge is -2.20. The summed E-state index contributed by atoms with van der Waals surface area (Å²) in [5.41, 5.74) is 0.902. The monoisotopic (exact) mass is 599 g/mol. The summed E-state index contributed by atoms with van der Waals surface area (Å²) in [4.78, 5) is 43.5. The van der Waals surface area contributed by atoms with Crippen LogP contribution in [0.5, 0.6) is 0 Å². The number of hydrogen-bond donors (Lipinski definition) is 6. The molecule has 0 radical (unpaired) electrons. The van der Waals surface area contributed by atoms with Crippen LogP contribution < -0.4 is 16.0 Å². The smallest absolute Gasteiger partial charge is 0.337 e. The number of rotatable bonds is 12. The predicted octanol–water partition coefficient (Wildman–Crippen LogP) is 5.75. The molecule has 41 heavy (non-hydrogen) atoms. The molecule has 2 heterocycles. The fourth-order valence-corrected chi connectivity index (χ4v) is 4.24. The number of hydrogen-bond acceptors (Lipinski definition) is 9. The van der Waals surface area contributed by atoms with Crippen molar-refractivity contribution in [2.24, 2.45) is 0 Å². The summed E-state index contributed by atoms with van der Waals surface area (Å²) in [6.07, 6.45) is -0.732. The number of nitrogens with zero attached hydrogens (tertiary/aromatic N) is 2. The van der Waals surface area contributed by atoms with Gasteiger partial charge in [-0.3, -0.25) is 4.79 Å². The van der Waals surface area contributed by atoms with E-state index in [2.05, 4.69) is 25.9 Å². The van der Waals surface area contributed by atoms with Crippen LogP contribution in [0.1, 0.15) is 28.4 Å². The van der Waals surface area contributed by atoms with E-state index in [0.717, 1.165) is 0 Å². The first kappa shape index (κ1) is 29.2. The predicted molar refractivity (Wildman–Crippen MR) is 152 cm³/mol. The van der Waals surface area contributed by atoms with E-state index in [0.29, 0.717) is 27.1 Å². The van der Waals surface area contributed by atoms with Crippen LogP contribution in [-0.2, 0) is 16.1 Å². The number of aromatic nitrogens is 2. The number of carbonyl (C=O) groups is 3. The Morgan fingerprint density at radius 1 is 0.976 bits per heavy atom. The highest BCUT2D eigenvalue weighted by Crippen LogP contribution is 2.34. The van der Waals surface area contributed by atoms with Crippen molar-refractivity contribution in [3.8, 4) is 11.3 Å². The number of carboxylic acids is 3. The van der Waals surface area contributed by atoms with Gasteiger partial charge in [0, 0.05) is 10.6 Å². The van der Waals surface area contributed by atoms with E-state index in [1.54, 1.807) is 49.4 Å². The van der Waals surface area contributed by atoms with Gasteiger partial charge in [-0.25, -0.2) is 19.6 Å². The highest BCUT2D eigenvalue weighted by molar-refractivity contribution is 6.35. The second-order valence-electron chi connectivity index (χ2n) is 8.70. The van der Waals surface area contributed by atoms with E-state index < -0.39 is 30.4 Å². The number of anilines is 4. The Morgan fingerprint density at radius 3 is 2.41 bits per heavy atom. The summed E-state index contributed by atoms with van der Waals surface area (Å²) in [7, 11) is 0. The third-order valence-corrected chi connectivity index (χ3v) is 6.28. The minimum atomic E-state index is -1.53. The SMILES string of the molecule is Cc1nc(Nc2ccccc2C(=O)O)c(NCc2ccc(-c3cc(Cl)ccc3Cl)o2)c(NC(CC(=O)O)C(=O)O)n1. The van der Waals surface area contributed by atoms with Gasteiger partial charge in [0.2, 0.25) is 0 Å². The number of carboxylic acid groups (broad SMARTS) is 3. The maximum atomic E-state index is 11.8. The van der Waals surface area contributed by atoms with Crippen LogP contribution in [0.4, 0.5) is 23.0 Å². The van der Waals surface area contributed by atoms with Gasteiger partial charge < -0.3 is 35.7 Å². The van der Waals surface area contributed by atoms with Crippen molar-refractivity contribution in [2.45, 2.75) is 25.9 Å². The second-order valence-corrected chi connectivity index (χ2v) is 9.54. The number of benzene rings is 2. The standard InChI is InChI=1S/C27H23Cl2N5O7/c1-13-31-24(33-19-5-3-2-4-16(19)26(37)38)23(25(32-13)34-20(27(39)40)11-22(35)36)30-12-15-7-9-21(41-15)17-10-14(28)6-8-18(17)29/h2-10,20,30H,11-12H2,1H3,(H,35,36)(H,37,38)(H,39,40)(H2,31,32,33,34). The molecule has 4 aromatic rings. The maximum Gasteiger partial charge on any atom is 0.337 e. The largest absolute Gasteiger partial charge is 0.481 e. The van der Waals surface area contributed by atoms with Gasteiger partial charge in [0.15, 0.2) is 11.6 Å². The molecular formula is C27H23Cl2N5O7. The topological polar surface area (TPSA) is 187 Å². The van der Waals surface area contributed by atoms with Crippen molar-refractivity contribution in [3.05, 3.63) is 81.8 Å². The van der Waals surface area contributed by atoms with Crippen LogP contribution in [0, 0.1) is 6.92 Å². The third-order valence-electron chi connectivity index (χ3n) is 5.71. The number of halogens is 2. The van der Waals surface area contributed by atoms with Gasteiger partial charge in [-0.1, -0.05) is 35.3 Å². The van der Waals surface area contributed by atoms with Crippen LogP contribution in [-0.4, -0.2) is 49.2 Å². The van der Waals surface area contributed by atoms with Crippen molar-refractivity contribution in [2.75, 3.05) is 16.0 Å². The van der Waals surface area contributed by atoms with Crippen LogP contribution in [0.15, 0.2) is 59.0 Å². The summed E-state index contributed by atoms with van der Waals surface area (Å²) < 4.78 is 5.93. The molecule has 0 saturated heterocycles. The lowest BCUT2D eigenvalue weighted by atomic mass is 10.1. The molecule has 1 atom stereocenters. The van der Waals surface area contributed by atoms with Gasteiger partial charge in [0.1, 0.15) is 29.1 Å². The van der Waals surface area contributed by atoms with Gasteiger partial charge in [0.25, 0.3) is 0 Å². The van der Waals surface area contributed by atoms with Gasteiger partial charge in [-0.2, -0.15) is 0 Å². The summed E-state index contributed by atoms with van der Waals surface area (Å²) >= 11 is 12.4. The molecule has 14 heteroatoms. The van der Waals surface area contributed by atoms with Crippen molar-refractivity contribution in [3.63, 3.8) is 0 Å². The highest BCUT2D eigenvalue weighted by Gasteiger charge is 2.25. The number of aliphatic carboxylic acids is 2. The van der Waals surface area contributed by atoms with Gasteiger partial charge in [-0.05, 0) is 49.4 Å². The van der Waals surface area contributed by atoms with Gasteiger partial charge >= 0.3 is 17.9 Å². The zero-order valence-electron chi connectivity index (χ0n) is 21.3. The Kier molecular flexibility index (Phi) is 8.95. The van der Waals surface area contributed by atoms with Crippen LogP contribution >= 0.6 is 23.2 Å². The molecule has 0 aliphatic rings. The summed E-state index contributed by atoms with van der Waals surface area (Å²) in [5, 5.41) is 38.0. The molecule has 4 rings (SSSR count). The quantitative estimate of drug-likeness (QED) is 0.116. The van der Waals surface area contributed by atoms with E-state index >= 15 is 0 Å². The fourth-order valence-electron chi connectivity index (χ4n) is 3.86. The molecule has 0 aliphatic carbocycles. The van der Waals surface area contributed by atoms with E-state index in [1.165, 1.54) is 12.1 Å². The highest BCUT2D eigenvalue weighted by atomic mass is 35.5. The molecule has 1 unspecified atom stereocenters. The van der Waals surface area contributed by atoms with E-state index in [9.17, 15) is 29.7 Å². The Hall–Kier alpha value is -4.81. The Morgan fingerprint density at radius 2 is 1.71 bits per heavy atom. The molecule has 212 valence electrons.